The molecule has 3 aromatic carbocycles. The summed E-state index contributed by atoms with van der Waals surface area (Å²) in [5.41, 5.74) is -1.69. The van der Waals surface area contributed by atoms with Crippen LogP contribution in [0.4, 0.5) is 0 Å². The number of hydrogen-bond acceptors (Lipinski definition) is 7. The lowest BCUT2D eigenvalue weighted by molar-refractivity contribution is -0.187. The lowest BCUT2D eigenvalue weighted by Crippen LogP contribution is -2.61. The number of benzene rings is 3. The molecular formula is C51H62O8. The quantitative estimate of drug-likeness (QED) is 0.0502. The summed E-state index contributed by atoms with van der Waals surface area (Å²) >= 11 is 0. The minimum Gasteiger partial charge on any atom is -0.481 e. The summed E-state index contributed by atoms with van der Waals surface area (Å²) < 4.78 is 13.8. The van der Waals surface area contributed by atoms with Crippen molar-refractivity contribution in [3.63, 3.8) is 0 Å². The van der Waals surface area contributed by atoms with E-state index in [4.69, 9.17) is 14.6 Å². The fourth-order valence-corrected chi connectivity index (χ4v) is 11.4. The van der Waals surface area contributed by atoms with Gasteiger partial charge in [-0.1, -0.05) is 162 Å². The van der Waals surface area contributed by atoms with Crippen molar-refractivity contribution in [2.45, 2.75) is 127 Å². The van der Waals surface area contributed by atoms with Crippen molar-refractivity contribution in [3.8, 4) is 0 Å². The van der Waals surface area contributed by atoms with Gasteiger partial charge in [0.2, 0.25) is 0 Å². The number of rotatable bonds is 18. The third-order valence-electron chi connectivity index (χ3n) is 14.5. The average Bonchev–Trinajstić information content (AvgIpc) is 3.63. The summed E-state index contributed by atoms with van der Waals surface area (Å²) in [5, 5.41) is 34.6. The zero-order valence-corrected chi connectivity index (χ0v) is 35.2. The topological polar surface area (TPSA) is 130 Å². The zero-order valence-electron chi connectivity index (χ0n) is 35.2. The minimum absolute atomic E-state index is 0.00654. The number of aliphatic carboxylic acids is 1. The Morgan fingerprint density at radius 1 is 0.746 bits per heavy atom. The lowest BCUT2D eigenvalue weighted by atomic mass is 9.60. The maximum absolute atomic E-state index is 14.0. The maximum Gasteiger partial charge on any atom is 0.306 e. The van der Waals surface area contributed by atoms with Gasteiger partial charge in [0.1, 0.15) is 16.8 Å². The molecule has 0 amide bonds. The Labute approximate surface area is 349 Å². The van der Waals surface area contributed by atoms with Gasteiger partial charge in [-0.2, -0.15) is 0 Å². The molecule has 0 unspecified atom stereocenters. The first-order valence-electron chi connectivity index (χ1n) is 21.8. The number of carbonyl (C=O) groups is 3. The van der Waals surface area contributed by atoms with E-state index in [0.29, 0.717) is 18.4 Å². The number of carboxylic acids is 1. The van der Waals surface area contributed by atoms with Crippen molar-refractivity contribution in [3.05, 3.63) is 131 Å². The molecule has 4 aliphatic rings. The molecule has 0 spiro atoms. The van der Waals surface area contributed by atoms with E-state index in [1.807, 2.05) is 61.5 Å². The monoisotopic (exact) mass is 802 g/mol. The molecule has 0 heterocycles. The molecule has 3 aromatic rings. The number of fused-ring (bicyclic) bond motifs is 5. The molecule has 2 saturated carbocycles. The molecule has 7 atom stereocenters. The van der Waals surface area contributed by atoms with Gasteiger partial charge in [0, 0.05) is 42.4 Å². The van der Waals surface area contributed by atoms with Crippen LogP contribution in [0.1, 0.15) is 121 Å². The summed E-state index contributed by atoms with van der Waals surface area (Å²) in [6.07, 6.45) is 12.3. The average molecular weight is 803 g/mol. The van der Waals surface area contributed by atoms with Crippen LogP contribution in [0.5, 0.6) is 0 Å². The second-order valence-corrected chi connectivity index (χ2v) is 18.5. The van der Waals surface area contributed by atoms with E-state index in [1.54, 1.807) is 13.0 Å². The first-order valence-corrected chi connectivity index (χ1v) is 21.8. The highest BCUT2D eigenvalue weighted by atomic mass is 16.6. The maximum atomic E-state index is 14.0. The van der Waals surface area contributed by atoms with E-state index >= 15 is 0 Å². The summed E-state index contributed by atoms with van der Waals surface area (Å²) in [6.45, 7) is 8.01. The third-order valence-corrected chi connectivity index (χ3v) is 14.5. The van der Waals surface area contributed by atoms with Crippen LogP contribution >= 0.6 is 0 Å². The highest BCUT2D eigenvalue weighted by molar-refractivity contribution is 6.04. The van der Waals surface area contributed by atoms with Crippen LogP contribution in [0, 0.1) is 29.1 Å². The Bertz CT molecular complexity index is 1940. The zero-order chi connectivity index (χ0) is 42.1. The van der Waals surface area contributed by atoms with Crippen LogP contribution in [0.3, 0.4) is 0 Å². The predicted octanol–water partition coefficient (Wildman–Crippen LogP) is 9.51. The van der Waals surface area contributed by atoms with Crippen molar-refractivity contribution in [1.29, 1.82) is 0 Å². The van der Waals surface area contributed by atoms with E-state index < -0.39 is 51.5 Å². The van der Waals surface area contributed by atoms with Crippen LogP contribution < -0.4 is 0 Å². The van der Waals surface area contributed by atoms with Gasteiger partial charge in [-0.05, 0) is 59.9 Å². The smallest absolute Gasteiger partial charge is 0.306 e. The third kappa shape index (κ3) is 7.66. The number of hydrogen-bond donors (Lipinski definition) is 3. The highest BCUT2D eigenvalue weighted by Gasteiger charge is 2.83. The Kier molecular flexibility index (Phi) is 12.3. The van der Waals surface area contributed by atoms with Crippen molar-refractivity contribution < 1.29 is 39.2 Å². The lowest BCUT2D eigenvalue weighted by Gasteiger charge is -2.50. The predicted molar refractivity (Wildman–Crippen MR) is 227 cm³/mol. The number of unbranched alkanes of at least 4 members (excludes halogenated alkanes) is 7. The van der Waals surface area contributed by atoms with Gasteiger partial charge in [-0.25, -0.2) is 0 Å². The molecule has 0 radical (unpaired) electrons. The summed E-state index contributed by atoms with van der Waals surface area (Å²) in [6, 6.07) is 30.3. The van der Waals surface area contributed by atoms with Gasteiger partial charge in [0.15, 0.2) is 5.78 Å². The van der Waals surface area contributed by atoms with Crippen LogP contribution in [-0.2, 0) is 29.5 Å². The van der Waals surface area contributed by atoms with Crippen LogP contribution in [0.15, 0.2) is 114 Å². The summed E-state index contributed by atoms with van der Waals surface area (Å²) in [4.78, 5) is 38.4. The van der Waals surface area contributed by atoms with Crippen LogP contribution in [-0.4, -0.2) is 56.5 Å². The van der Waals surface area contributed by atoms with Gasteiger partial charge in [0.05, 0.1) is 12.2 Å². The molecule has 0 aliphatic heterocycles. The fraction of sp³-hybridized carbons (Fsp3) is 0.510. The van der Waals surface area contributed by atoms with Crippen LogP contribution in [0.25, 0.3) is 0 Å². The second kappa shape index (κ2) is 16.9. The first kappa shape index (κ1) is 42.7. The van der Waals surface area contributed by atoms with Crippen molar-refractivity contribution in [2.75, 3.05) is 6.61 Å². The normalized spacial score (nSPS) is 29.3. The number of aliphatic hydroxyl groups is 2. The molecule has 0 saturated heterocycles. The molecule has 3 N–H and O–H groups in total. The van der Waals surface area contributed by atoms with Crippen molar-refractivity contribution in [1.82, 2.24) is 0 Å². The Morgan fingerprint density at radius 2 is 1.24 bits per heavy atom. The molecule has 8 nitrogen and oxygen atoms in total. The fourth-order valence-electron chi connectivity index (χ4n) is 11.4. The molecule has 0 aromatic heterocycles. The number of ether oxygens (including phenoxy) is 2. The standard InChI is InChI=1S/C51H62O8/c1-35-30-42-48(56,46(35)55)33-37(34-58-51(38-22-14-11-15-23-38,39-24-16-12-17-25-39)40-26-18-13-19-27-40)31-41-45-47(3,4)49(45,32-36(2)50(41,42)57)59-44(54)29-21-10-8-6-5-7-9-20-28-43(52)53/h11-19,22-27,30-31,36,41-42,45,56-57H,5-10,20-21,28-29,32-34H2,1-4H3,(H,52,53)/t36-,41+,42-,45-,48-,49+,50-/m1/s1. The first-order chi connectivity index (χ1) is 28.2. The van der Waals surface area contributed by atoms with Gasteiger partial charge in [0.25, 0.3) is 0 Å². The Hall–Kier alpha value is -4.37. The van der Waals surface area contributed by atoms with E-state index in [2.05, 4.69) is 56.3 Å². The molecule has 2 fully saturated rings. The molecule has 4 aliphatic carbocycles. The molecule has 314 valence electrons. The molecule has 7 rings (SSSR count). The van der Waals surface area contributed by atoms with Crippen molar-refractivity contribution in [2.24, 2.45) is 29.1 Å². The van der Waals surface area contributed by atoms with E-state index in [0.717, 1.165) is 73.6 Å². The largest absolute Gasteiger partial charge is 0.481 e. The van der Waals surface area contributed by atoms with Gasteiger partial charge in [-0.3, -0.25) is 14.4 Å². The summed E-state index contributed by atoms with van der Waals surface area (Å²) in [5.74, 6) is -3.37. The number of esters is 1. The number of carboxylic acid groups (broad SMARTS) is 1. The Morgan fingerprint density at radius 3 is 1.75 bits per heavy atom. The SMILES string of the molecule is CC1=C[C@H]2[C@@]3(O)[C@H](C)C[C@]4(OC(=O)CCCCCCCCCCC(=O)O)[C@H]([C@@H]3C=C(COC(c3ccccc3)(c3ccccc3)c3ccccc3)C[C@]2(O)C1=O)C4(C)C. The molecule has 59 heavy (non-hydrogen) atoms. The second-order valence-electron chi connectivity index (χ2n) is 18.5. The van der Waals surface area contributed by atoms with Gasteiger partial charge >= 0.3 is 11.9 Å². The molecule has 8 heteroatoms. The number of Topliss-reactive ketones (excluding diaryl/α,β-unsaturated/α-hetero) is 1. The molecular weight excluding hydrogens is 741 g/mol. The van der Waals surface area contributed by atoms with Crippen LogP contribution in [0.2, 0.25) is 0 Å². The Balaban J connectivity index is 1.16. The number of carbonyl (C=O) groups excluding carboxylic acids is 2. The van der Waals surface area contributed by atoms with Gasteiger partial charge in [-0.15, -0.1) is 0 Å². The van der Waals surface area contributed by atoms with E-state index in [9.17, 15) is 24.6 Å². The van der Waals surface area contributed by atoms with E-state index in [1.165, 1.54) is 0 Å². The number of ketones is 1. The van der Waals surface area contributed by atoms with Gasteiger partial charge < -0.3 is 24.8 Å². The highest BCUT2D eigenvalue weighted by Crippen LogP contribution is 2.76. The molecule has 0 bridgehead atoms. The van der Waals surface area contributed by atoms with Crippen molar-refractivity contribution >= 4 is 17.7 Å². The minimum atomic E-state index is -1.86. The van der Waals surface area contributed by atoms with E-state index in [-0.39, 0.29) is 37.1 Å². The summed E-state index contributed by atoms with van der Waals surface area (Å²) in [7, 11) is 0.